The van der Waals surface area contributed by atoms with Crippen molar-refractivity contribution >= 4 is 5.97 Å². The molecule has 1 atom stereocenters. The molecule has 1 unspecified atom stereocenters. The Morgan fingerprint density at radius 2 is 2.10 bits per heavy atom. The van der Waals surface area contributed by atoms with Gasteiger partial charge in [-0.05, 0) is 12.0 Å². The van der Waals surface area contributed by atoms with Crippen molar-refractivity contribution in [3.8, 4) is 0 Å². The number of esters is 1. The van der Waals surface area contributed by atoms with Gasteiger partial charge in [-0.15, -0.1) is 0 Å². The highest BCUT2D eigenvalue weighted by molar-refractivity contribution is 5.82. The van der Waals surface area contributed by atoms with E-state index in [1.54, 1.807) is 0 Å². The van der Waals surface area contributed by atoms with E-state index in [0.29, 0.717) is 13.2 Å². The smallest absolute Gasteiger partial charge is 0.331 e. The molecular formula is C15H22N2O3. The minimum atomic E-state index is -1.14. The highest BCUT2D eigenvalue weighted by Crippen LogP contribution is 2.22. The van der Waals surface area contributed by atoms with E-state index in [1.807, 2.05) is 30.3 Å². The first-order chi connectivity index (χ1) is 9.66. The van der Waals surface area contributed by atoms with Gasteiger partial charge in [0.2, 0.25) is 0 Å². The van der Waals surface area contributed by atoms with Crippen molar-refractivity contribution in [2.24, 2.45) is 5.73 Å². The Morgan fingerprint density at radius 1 is 1.35 bits per heavy atom. The van der Waals surface area contributed by atoms with E-state index in [0.717, 1.165) is 31.7 Å². The van der Waals surface area contributed by atoms with Crippen molar-refractivity contribution in [3.05, 3.63) is 35.9 Å². The molecule has 2 rings (SSSR count). The first-order valence-corrected chi connectivity index (χ1v) is 6.90. The molecule has 5 nitrogen and oxygen atoms in total. The fourth-order valence-corrected chi connectivity index (χ4v) is 2.50. The molecule has 110 valence electrons. The monoisotopic (exact) mass is 278 g/mol. The third kappa shape index (κ3) is 3.36. The van der Waals surface area contributed by atoms with Gasteiger partial charge in [-0.3, -0.25) is 4.90 Å². The van der Waals surface area contributed by atoms with Gasteiger partial charge in [0.05, 0.1) is 13.7 Å². The number of benzene rings is 1. The van der Waals surface area contributed by atoms with Gasteiger partial charge in [0.1, 0.15) is 0 Å². The van der Waals surface area contributed by atoms with E-state index in [1.165, 1.54) is 7.11 Å². The quantitative estimate of drug-likeness (QED) is 0.823. The minimum absolute atomic E-state index is 0.408. The second-order valence-corrected chi connectivity index (χ2v) is 5.07. The Bertz CT molecular complexity index is 430. The summed E-state index contributed by atoms with van der Waals surface area (Å²) in [5.41, 5.74) is 6.03. The maximum Gasteiger partial charge on any atom is 0.331 e. The topological polar surface area (TPSA) is 64.8 Å². The lowest BCUT2D eigenvalue weighted by molar-refractivity contribution is -0.148. The van der Waals surface area contributed by atoms with Crippen LogP contribution in [0.25, 0.3) is 0 Å². The molecule has 1 aliphatic rings. The van der Waals surface area contributed by atoms with Crippen LogP contribution >= 0.6 is 0 Å². The van der Waals surface area contributed by atoms with Crippen LogP contribution in [0.1, 0.15) is 12.0 Å². The van der Waals surface area contributed by atoms with Gasteiger partial charge in [-0.25, -0.2) is 4.79 Å². The van der Waals surface area contributed by atoms with Crippen molar-refractivity contribution in [1.29, 1.82) is 0 Å². The summed E-state index contributed by atoms with van der Waals surface area (Å²) in [5.74, 6) is -0.408. The normalized spacial score (nSPS) is 19.9. The Morgan fingerprint density at radius 3 is 2.80 bits per heavy atom. The van der Waals surface area contributed by atoms with Crippen LogP contribution in [0.4, 0.5) is 0 Å². The molecule has 0 spiro atoms. The predicted octanol–water partition coefficient (Wildman–Crippen LogP) is 0.736. The summed E-state index contributed by atoms with van der Waals surface area (Å²) >= 11 is 0. The molecule has 0 aromatic heterocycles. The molecule has 1 aliphatic heterocycles. The number of carbonyl (C=O) groups excluding carboxylic acids is 1. The van der Waals surface area contributed by atoms with Crippen LogP contribution in [0, 0.1) is 0 Å². The van der Waals surface area contributed by atoms with Crippen LogP contribution in [0.5, 0.6) is 0 Å². The van der Waals surface area contributed by atoms with E-state index in [2.05, 4.69) is 4.90 Å². The van der Waals surface area contributed by atoms with Crippen molar-refractivity contribution in [2.75, 3.05) is 40.0 Å². The van der Waals surface area contributed by atoms with Crippen LogP contribution < -0.4 is 5.73 Å². The van der Waals surface area contributed by atoms with Gasteiger partial charge < -0.3 is 15.2 Å². The Balaban J connectivity index is 2.21. The second-order valence-electron chi connectivity index (χ2n) is 5.07. The molecule has 20 heavy (non-hydrogen) atoms. The number of carbonyl (C=O) groups is 1. The first-order valence-electron chi connectivity index (χ1n) is 6.90. The lowest BCUT2D eigenvalue weighted by atomic mass is 9.90. The average molecular weight is 278 g/mol. The van der Waals surface area contributed by atoms with Crippen LogP contribution in [-0.4, -0.2) is 50.8 Å². The molecule has 0 saturated carbocycles. The number of hydrogen-bond acceptors (Lipinski definition) is 5. The lowest BCUT2D eigenvalue weighted by Gasteiger charge is -2.32. The van der Waals surface area contributed by atoms with Crippen LogP contribution in [0.3, 0.4) is 0 Å². The number of ether oxygens (including phenoxy) is 2. The van der Waals surface area contributed by atoms with Crippen molar-refractivity contribution in [1.82, 2.24) is 4.90 Å². The van der Waals surface area contributed by atoms with Crippen molar-refractivity contribution < 1.29 is 14.3 Å². The Kier molecular flexibility index (Phi) is 5.11. The summed E-state index contributed by atoms with van der Waals surface area (Å²) in [7, 11) is 1.37. The Labute approximate surface area is 119 Å². The maximum absolute atomic E-state index is 12.2. The second kappa shape index (κ2) is 6.83. The molecule has 0 bridgehead atoms. The summed E-state index contributed by atoms with van der Waals surface area (Å²) in [6.07, 6.45) is 0.950. The predicted molar refractivity (Wildman–Crippen MR) is 76.2 cm³/mol. The van der Waals surface area contributed by atoms with Gasteiger partial charge in [-0.1, -0.05) is 30.3 Å². The maximum atomic E-state index is 12.2. The molecule has 5 heteroatoms. The zero-order chi connectivity index (χ0) is 14.4. The number of nitrogens with zero attached hydrogens (tertiary/aromatic N) is 1. The summed E-state index contributed by atoms with van der Waals surface area (Å²) in [5, 5.41) is 0. The van der Waals surface area contributed by atoms with Crippen molar-refractivity contribution in [2.45, 2.75) is 12.0 Å². The third-order valence-corrected chi connectivity index (χ3v) is 3.63. The van der Waals surface area contributed by atoms with E-state index in [4.69, 9.17) is 15.2 Å². The third-order valence-electron chi connectivity index (χ3n) is 3.63. The molecule has 1 aromatic carbocycles. The van der Waals surface area contributed by atoms with E-state index in [9.17, 15) is 4.79 Å². The molecule has 0 amide bonds. The highest BCUT2D eigenvalue weighted by Gasteiger charge is 2.39. The molecule has 0 aliphatic carbocycles. The van der Waals surface area contributed by atoms with Crippen LogP contribution in [0.2, 0.25) is 0 Å². The largest absolute Gasteiger partial charge is 0.467 e. The first kappa shape index (κ1) is 15.0. The zero-order valence-corrected chi connectivity index (χ0v) is 11.9. The zero-order valence-electron chi connectivity index (χ0n) is 11.9. The van der Waals surface area contributed by atoms with E-state index in [-0.39, 0.29) is 0 Å². The van der Waals surface area contributed by atoms with Gasteiger partial charge >= 0.3 is 5.97 Å². The number of nitrogens with two attached hydrogens (primary N) is 1. The fraction of sp³-hybridized carbons (Fsp3) is 0.533. The molecule has 2 N–H and O–H groups in total. The summed E-state index contributed by atoms with van der Waals surface area (Å²) in [4.78, 5) is 14.4. The minimum Gasteiger partial charge on any atom is -0.467 e. The van der Waals surface area contributed by atoms with Gasteiger partial charge in [0.15, 0.2) is 5.54 Å². The fourth-order valence-electron chi connectivity index (χ4n) is 2.50. The average Bonchev–Trinajstić information content (AvgIpc) is 2.75. The molecule has 1 saturated heterocycles. The van der Waals surface area contributed by atoms with E-state index >= 15 is 0 Å². The SMILES string of the molecule is COC(=O)C(N)(CN1CCCOCC1)c1ccccc1. The summed E-state index contributed by atoms with van der Waals surface area (Å²) < 4.78 is 10.4. The number of methoxy groups -OCH3 is 1. The highest BCUT2D eigenvalue weighted by atomic mass is 16.5. The Hall–Kier alpha value is -1.43. The molecule has 1 aromatic rings. The van der Waals surface area contributed by atoms with Gasteiger partial charge in [0, 0.05) is 26.2 Å². The molecule has 1 fully saturated rings. The van der Waals surface area contributed by atoms with Gasteiger partial charge in [0.25, 0.3) is 0 Å². The van der Waals surface area contributed by atoms with Gasteiger partial charge in [-0.2, -0.15) is 0 Å². The molecule has 0 radical (unpaired) electrons. The standard InChI is InChI=1S/C15H22N2O3/c1-19-14(18)15(16,13-6-3-2-4-7-13)12-17-8-5-10-20-11-9-17/h2-4,6-7H,5,8-12,16H2,1H3. The lowest BCUT2D eigenvalue weighted by Crippen LogP contribution is -2.54. The number of hydrogen-bond donors (Lipinski definition) is 1. The van der Waals surface area contributed by atoms with E-state index < -0.39 is 11.5 Å². The number of rotatable bonds is 4. The summed E-state index contributed by atoms with van der Waals surface area (Å²) in [6, 6.07) is 9.40. The summed E-state index contributed by atoms with van der Waals surface area (Å²) in [6.45, 7) is 3.53. The molecule has 1 heterocycles. The molecular weight excluding hydrogens is 256 g/mol. The van der Waals surface area contributed by atoms with Crippen LogP contribution in [0.15, 0.2) is 30.3 Å². The van der Waals surface area contributed by atoms with Crippen molar-refractivity contribution in [3.63, 3.8) is 0 Å². The van der Waals surface area contributed by atoms with Crippen LogP contribution in [-0.2, 0) is 19.8 Å².